The normalized spacial score (nSPS) is 14.9. The van der Waals surface area contributed by atoms with Gasteiger partial charge in [-0.15, -0.1) is 0 Å². The molecular weight excluding hydrogens is 352 g/mol. The van der Waals surface area contributed by atoms with Crippen molar-refractivity contribution in [1.29, 1.82) is 0 Å². The highest BCUT2D eigenvalue weighted by molar-refractivity contribution is 5.59. The molecule has 1 nitrogen and oxygen atoms in total. The van der Waals surface area contributed by atoms with Crippen molar-refractivity contribution in [2.45, 2.75) is 25.7 Å². The van der Waals surface area contributed by atoms with Crippen LogP contribution in [0.4, 0.5) is 0 Å². The Morgan fingerprint density at radius 1 is 0.690 bits per heavy atom. The molecule has 3 aromatic rings. The molecule has 0 fully saturated rings. The van der Waals surface area contributed by atoms with Gasteiger partial charge in [-0.05, 0) is 69.8 Å². The average Bonchev–Trinajstić information content (AvgIpc) is 3.05. The Morgan fingerprint density at radius 2 is 1.59 bits per heavy atom. The molecule has 0 saturated carbocycles. The Kier molecular flexibility index (Phi) is 4.88. The summed E-state index contributed by atoms with van der Waals surface area (Å²) < 4.78 is 5.31. The molecule has 0 aromatic heterocycles. The summed E-state index contributed by atoms with van der Waals surface area (Å²) >= 11 is 0. The smallest absolute Gasteiger partial charge is 0.133 e. The summed E-state index contributed by atoms with van der Waals surface area (Å²) in [7, 11) is 0. The molecule has 1 heterocycles. The lowest BCUT2D eigenvalue weighted by atomic mass is 9.89. The fourth-order valence-corrected chi connectivity index (χ4v) is 4.39. The third kappa shape index (κ3) is 3.56. The molecule has 0 bridgehead atoms. The third-order valence-electron chi connectivity index (χ3n) is 5.82. The molecule has 0 saturated heterocycles. The number of hydrogen-bond donors (Lipinski definition) is 0. The number of ether oxygens (including phenoxy) is 1. The molecule has 6 rings (SSSR count). The maximum absolute atomic E-state index is 5.31. The van der Waals surface area contributed by atoms with E-state index in [1.165, 1.54) is 40.1 Å². The molecule has 3 aliphatic rings. The second kappa shape index (κ2) is 7.97. The Morgan fingerprint density at radius 3 is 2.59 bits per heavy atom. The lowest BCUT2D eigenvalue weighted by Crippen LogP contribution is -2.19. The van der Waals surface area contributed by atoms with Gasteiger partial charge in [0.15, 0.2) is 0 Å². The monoisotopic (exact) mass is 376 g/mol. The topological polar surface area (TPSA) is 9.23 Å². The first-order chi connectivity index (χ1) is 14.4. The summed E-state index contributed by atoms with van der Waals surface area (Å²) in [6, 6.07) is 21.3. The van der Waals surface area contributed by atoms with Gasteiger partial charge in [-0.25, -0.2) is 0 Å². The van der Waals surface area contributed by atoms with Crippen LogP contribution in [0, 0.1) is 10.4 Å². The Bertz CT molecular complexity index is 1330. The van der Waals surface area contributed by atoms with E-state index in [1.54, 1.807) is 17.4 Å². The maximum atomic E-state index is 5.31. The molecule has 0 N–H and O–H groups in total. The minimum absolute atomic E-state index is 0.914. The first-order valence-electron chi connectivity index (χ1n) is 10.4. The van der Waals surface area contributed by atoms with E-state index < -0.39 is 0 Å². The molecule has 2 aliphatic carbocycles. The Hall–Kier alpha value is -3.32. The number of hydrogen-bond acceptors (Lipinski definition) is 1. The van der Waals surface area contributed by atoms with Crippen molar-refractivity contribution in [2.75, 3.05) is 0 Å². The highest BCUT2D eigenvalue weighted by Gasteiger charge is 2.10. The molecular formula is C28H24O. The molecule has 0 unspecified atom stereocenters. The zero-order valence-electron chi connectivity index (χ0n) is 16.5. The van der Waals surface area contributed by atoms with E-state index in [0.717, 1.165) is 17.7 Å². The summed E-state index contributed by atoms with van der Waals surface area (Å²) in [4.78, 5) is 0. The van der Waals surface area contributed by atoms with Crippen LogP contribution in [0.25, 0.3) is 18.2 Å². The SMILES string of the molecule is C1=COc2ccccc2C=C1.C1=c2ccc3c(c2CCC1)CC=c1ccccc1=3. The van der Waals surface area contributed by atoms with E-state index in [9.17, 15) is 0 Å². The van der Waals surface area contributed by atoms with E-state index in [-0.39, 0.29) is 0 Å². The van der Waals surface area contributed by atoms with Crippen molar-refractivity contribution in [3.63, 3.8) is 0 Å². The number of rotatable bonds is 0. The van der Waals surface area contributed by atoms with Gasteiger partial charge in [0.2, 0.25) is 0 Å². The van der Waals surface area contributed by atoms with Crippen LogP contribution >= 0.6 is 0 Å². The summed E-state index contributed by atoms with van der Waals surface area (Å²) in [5.41, 5.74) is 4.30. The third-order valence-corrected chi connectivity index (χ3v) is 5.82. The summed E-state index contributed by atoms with van der Waals surface area (Å²) in [6.07, 6.45) is 17.2. The van der Waals surface area contributed by atoms with Crippen LogP contribution in [-0.2, 0) is 12.8 Å². The van der Waals surface area contributed by atoms with E-state index in [2.05, 4.69) is 48.6 Å². The zero-order valence-corrected chi connectivity index (χ0v) is 16.5. The lowest BCUT2D eigenvalue weighted by molar-refractivity contribution is 0.481. The van der Waals surface area contributed by atoms with Crippen LogP contribution < -0.4 is 15.2 Å². The molecule has 0 amide bonds. The predicted octanol–water partition coefficient (Wildman–Crippen LogP) is 5.03. The van der Waals surface area contributed by atoms with Gasteiger partial charge in [-0.2, -0.15) is 0 Å². The van der Waals surface area contributed by atoms with Crippen LogP contribution in [0.5, 0.6) is 5.75 Å². The average molecular weight is 376 g/mol. The molecule has 142 valence electrons. The van der Waals surface area contributed by atoms with Crippen molar-refractivity contribution in [3.05, 3.63) is 117 Å². The number of fused-ring (bicyclic) bond motifs is 5. The largest absolute Gasteiger partial charge is 0.464 e. The van der Waals surface area contributed by atoms with Gasteiger partial charge in [0, 0.05) is 5.56 Å². The van der Waals surface area contributed by atoms with Crippen molar-refractivity contribution >= 4 is 18.2 Å². The molecule has 0 radical (unpaired) electrons. The predicted molar refractivity (Wildman–Crippen MR) is 121 cm³/mol. The molecule has 3 aromatic carbocycles. The van der Waals surface area contributed by atoms with E-state index in [0.29, 0.717) is 0 Å². The lowest BCUT2D eigenvalue weighted by Gasteiger charge is -2.16. The van der Waals surface area contributed by atoms with Crippen molar-refractivity contribution in [1.82, 2.24) is 0 Å². The van der Waals surface area contributed by atoms with E-state index >= 15 is 0 Å². The second-order valence-electron chi connectivity index (χ2n) is 7.59. The summed E-state index contributed by atoms with van der Waals surface area (Å²) in [5.74, 6) is 0.914. The van der Waals surface area contributed by atoms with Gasteiger partial charge in [0.1, 0.15) is 5.75 Å². The number of allylic oxidation sites excluding steroid dienone is 2. The molecule has 0 spiro atoms. The van der Waals surface area contributed by atoms with Crippen LogP contribution in [0.15, 0.2) is 79.1 Å². The molecule has 0 atom stereocenters. The Balaban J connectivity index is 0.000000142. The standard InChI is InChI=1S/C18H16.C10H8O/c1-3-7-15-13(5-1)9-11-18-16-8-4-2-6-14(16)10-12-17(15)18;1-2-7-10-9(5-1)6-3-4-8-11-10/h1,3,5-7,9-10,12H,2,4,8,11H2;1-8H. The van der Waals surface area contributed by atoms with E-state index in [4.69, 9.17) is 4.74 Å². The van der Waals surface area contributed by atoms with Gasteiger partial charge in [-0.3, -0.25) is 0 Å². The molecule has 1 heteroatoms. The summed E-state index contributed by atoms with van der Waals surface area (Å²) in [5, 5.41) is 5.74. The first kappa shape index (κ1) is 17.8. The zero-order chi connectivity index (χ0) is 19.5. The van der Waals surface area contributed by atoms with Crippen molar-refractivity contribution in [2.24, 2.45) is 0 Å². The van der Waals surface area contributed by atoms with Gasteiger partial charge in [0.05, 0.1) is 6.26 Å². The van der Waals surface area contributed by atoms with Gasteiger partial charge in [-0.1, -0.05) is 78.9 Å². The Labute approximate surface area is 171 Å². The minimum atomic E-state index is 0.914. The van der Waals surface area contributed by atoms with Crippen molar-refractivity contribution < 1.29 is 4.74 Å². The van der Waals surface area contributed by atoms with Crippen LogP contribution in [-0.4, -0.2) is 0 Å². The highest BCUT2D eigenvalue weighted by Crippen LogP contribution is 2.21. The van der Waals surface area contributed by atoms with Gasteiger partial charge in [0.25, 0.3) is 0 Å². The van der Waals surface area contributed by atoms with Gasteiger partial charge >= 0.3 is 0 Å². The number of para-hydroxylation sites is 1. The fourth-order valence-electron chi connectivity index (χ4n) is 4.39. The summed E-state index contributed by atoms with van der Waals surface area (Å²) in [6.45, 7) is 0. The van der Waals surface area contributed by atoms with Gasteiger partial charge < -0.3 is 4.74 Å². The number of benzene rings is 3. The van der Waals surface area contributed by atoms with Crippen LogP contribution in [0.1, 0.15) is 29.5 Å². The molecule has 29 heavy (non-hydrogen) atoms. The quantitative estimate of drug-likeness (QED) is 0.534. The fraction of sp³-hybridized carbons (Fsp3) is 0.143. The minimum Gasteiger partial charge on any atom is -0.464 e. The van der Waals surface area contributed by atoms with Crippen LogP contribution in [0.3, 0.4) is 0 Å². The highest BCUT2D eigenvalue weighted by atomic mass is 16.5. The second-order valence-corrected chi connectivity index (χ2v) is 7.59. The molecule has 1 aliphatic heterocycles. The van der Waals surface area contributed by atoms with Crippen molar-refractivity contribution in [3.8, 4) is 5.75 Å². The maximum Gasteiger partial charge on any atom is 0.133 e. The first-order valence-corrected chi connectivity index (χ1v) is 10.4. The van der Waals surface area contributed by atoms with Crippen LogP contribution in [0.2, 0.25) is 0 Å². The van der Waals surface area contributed by atoms with E-state index in [1.807, 2.05) is 42.5 Å².